The number of halogens is 1. The molecule has 0 radical (unpaired) electrons. The first-order valence-electron chi connectivity index (χ1n) is 11.9. The molecular formula is C31H30FNO2. The summed E-state index contributed by atoms with van der Waals surface area (Å²) in [5, 5.41) is 9.88. The van der Waals surface area contributed by atoms with Crippen molar-refractivity contribution < 1.29 is 14.3 Å². The van der Waals surface area contributed by atoms with Crippen LogP contribution in [0.3, 0.4) is 0 Å². The smallest absolute Gasteiger partial charge is 0.305 e. The number of hydrogen-bond donors (Lipinski definition) is 1. The molecule has 4 rings (SSSR count). The zero-order chi connectivity index (χ0) is 24.6. The van der Waals surface area contributed by atoms with Crippen molar-refractivity contribution in [3.63, 3.8) is 0 Å². The van der Waals surface area contributed by atoms with Gasteiger partial charge >= 0.3 is 5.97 Å². The summed E-state index contributed by atoms with van der Waals surface area (Å²) in [6.45, 7) is 2.72. The molecule has 2 atom stereocenters. The second kappa shape index (κ2) is 11.6. The third-order valence-electron chi connectivity index (χ3n) is 6.44. The van der Waals surface area contributed by atoms with E-state index in [1.54, 1.807) is 12.1 Å². The lowest BCUT2D eigenvalue weighted by atomic mass is 9.94. The molecule has 4 heteroatoms. The number of rotatable bonds is 10. The van der Waals surface area contributed by atoms with E-state index in [9.17, 15) is 14.3 Å². The highest BCUT2D eigenvalue weighted by atomic mass is 19.1. The van der Waals surface area contributed by atoms with Crippen LogP contribution in [0.2, 0.25) is 0 Å². The van der Waals surface area contributed by atoms with Gasteiger partial charge in [0.15, 0.2) is 0 Å². The maximum absolute atomic E-state index is 14.3. The molecule has 0 aromatic heterocycles. The molecule has 0 bridgehead atoms. The largest absolute Gasteiger partial charge is 0.481 e. The van der Waals surface area contributed by atoms with Crippen molar-refractivity contribution in [2.75, 3.05) is 0 Å². The Balaban J connectivity index is 1.72. The number of carboxylic acids is 1. The van der Waals surface area contributed by atoms with Gasteiger partial charge in [0, 0.05) is 25.0 Å². The summed E-state index contributed by atoms with van der Waals surface area (Å²) in [7, 11) is 0. The minimum absolute atomic E-state index is 0.0176. The Morgan fingerprint density at radius 2 is 1.40 bits per heavy atom. The maximum atomic E-state index is 14.3. The number of benzene rings is 4. The monoisotopic (exact) mass is 467 g/mol. The molecule has 0 heterocycles. The van der Waals surface area contributed by atoms with E-state index in [2.05, 4.69) is 36.1 Å². The van der Waals surface area contributed by atoms with E-state index in [0.717, 1.165) is 22.3 Å². The molecule has 3 nitrogen and oxygen atoms in total. The molecule has 1 N–H and O–H groups in total. The molecule has 0 aliphatic carbocycles. The first kappa shape index (κ1) is 24.4. The van der Waals surface area contributed by atoms with E-state index in [1.165, 1.54) is 6.07 Å². The van der Waals surface area contributed by atoms with Gasteiger partial charge in [-0.15, -0.1) is 0 Å². The number of hydrogen-bond acceptors (Lipinski definition) is 2. The van der Waals surface area contributed by atoms with E-state index in [-0.39, 0.29) is 24.3 Å². The van der Waals surface area contributed by atoms with Gasteiger partial charge in [-0.05, 0) is 40.8 Å². The second-order valence-corrected chi connectivity index (χ2v) is 8.87. The third-order valence-corrected chi connectivity index (χ3v) is 6.44. The maximum Gasteiger partial charge on any atom is 0.305 e. The Kier molecular flexibility index (Phi) is 8.07. The average Bonchev–Trinajstić information content (AvgIpc) is 2.88. The summed E-state index contributed by atoms with van der Waals surface area (Å²) in [6.07, 6.45) is 0.417. The van der Waals surface area contributed by atoms with Crippen molar-refractivity contribution in [3.05, 3.63) is 143 Å². The van der Waals surface area contributed by atoms with Crippen LogP contribution < -0.4 is 0 Å². The molecule has 0 saturated heterocycles. The second-order valence-electron chi connectivity index (χ2n) is 8.87. The van der Waals surface area contributed by atoms with Crippen LogP contribution in [0, 0.1) is 5.82 Å². The zero-order valence-corrected chi connectivity index (χ0v) is 19.8. The Morgan fingerprint density at radius 1 is 0.800 bits per heavy atom. The van der Waals surface area contributed by atoms with Crippen LogP contribution in [-0.2, 0) is 17.8 Å². The fourth-order valence-electron chi connectivity index (χ4n) is 4.60. The van der Waals surface area contributed by atoms with Crippen LogP contribution in [0.4, 0.5) is 4.39 Å². The van der Waals surface area contributed by atoms with Gasteiger partial charge < -0.3 is 5.11 Å². The Labute approximate surface area is 206 Å². The van der Waals surface area contributed by atoms with Crippen LogP contribution in [0.25, 0.3) is 0 Å². The summed E-state index contributed by atoms with van der Waals surface area (Å²) in [4.78, 5) is 14.3. The molecule has 0 aliphatic heterocycles. The van der Waals surface area contributed by atoms with Gasteiger partial charge in [-0.1, -0.05) is 103 Å². The highest BCUT2D eigenvalue weighted by molar-refractivity contribution is 5.68. The van der Waals surface area contributed by atoms with Gasteiger partial charge in [0.1, 0.15) is 5.82 Å². The Bertz CT molecular complexity index is 1240. The van der Waals surface area contributed by atoms with E-state index >= 15 is 0 Å². The van der Waals surface area contributed by atoms with Crippen LogP contribution >= 0.6 is 0 Å². The van der Waals surface area contributed by atoms with Crippen molar-refractivity contribution in [1.82, 2.24) is 4.90 Å². The molecule has 1 unspecified atom stereocenters. The molecule has 178 valence electrons. The molecule has 35 heavy (non-hydrogen) atoms. The van der Waals surface area contributed by atoms with Gasteiger partial charge in [0.25, 0.3) is 0 Å². The van der Waals surface area contributed by atoms with Gasteiger partial charge in [0.05, 0.1) is 6.42 Å². The summed E-state index contributed by atoms with van der Waals surface area (Å²) < 4.78 is 14.3. The summed E-state index contributed by atoms with van der Waals surface area (Å²) in [6, 6.07) is 34.6. The van der Waals surface area contributed by atoms with E-state index in [1.807, 2.05) is 66.7 Å². The molecule has 0 amide bonds. The third kappa shape index (κ3) is 6.43. The van der Waals surface area contributed by atoms with Crippen molar-refractivity contribution in [3.8, 4) is 0 Å². The van der Waals surface area contributed by atoms with Crippen LogP contribution in [-0.4, -0.2) is 16.0 Å². The molecule has 0 aliphatic rings. The topological polar surface area (TPSA) is 40.5 Å². The highest BCUT2D eigenvalue weighted by Gasteiger charge is 2.28. The molecule has 4 aromatic carbocycles. The van der Waals surface area contributed by atoms with Crippen molar-refractivity contribution in [2.24, 2.45) is 0 Å². The lowest BCUT2D eigenvalue weighted by Gasteiger charge is -2.37. The fraction of sp³-hybridized carbons (Fsp3) is 0.194. The molecular weight excluding hydrogens is 437 g/mol. The minimum Gasteiger partial charge on any atom is -0.481 e. The SMILES string of the molecule is C[C@H](c1ccccc1)N(Cc1ccccc1)C(CC(=O)O)c1cccc(Cc2ccccc2F)c1. The number of aliphatic carboxylic acids is 1. The molecule has 0 saturated carbocycles. The number of carboxylic acid groups (broad SMARTS) is 1. The predicted octanol–water partition coefficient (Wildman–Crippen LogP) is 7.20. The first-order chi connectivity index (χ1) is 17.0. The summed E-state index contributed by atoms with van der Waals surface area (Å²) in [5.41, 5.74) is 4.74. The van der Waals surface area contributed by atoms with E-state index in [4.69, 9.17) is 0 Å². The Hall–Kier alpha value is -3.76. The number of carbonyl (C=O) groups is 1. The van der Waals surface area contributed by atoms with Gasteiger partial charge in [0.2, 0.25) is 0 Å². The Morgan fingerprint density at radius 3 is 2.09 bits per heavy atom. The van der Waals surface area contributed by atoms with Crippen LogP contribution in [0.5, 0.6) is 0 Å². The lowest BCUT2D eigenvalue weighted by molar-refractivity contribution is -0.138. The highest BCUT2D eigenvalue weighted by Crippen LogP contribution is 2.35. The first-order valence-corrected chi connectivity index (χ1v) is 11.9. The minimum atomic E-state index is -0.854. The van der Waals surface area contributed by atoms with Crippen molar-refractivity contribution >= 4 is 5.97 Å². The summed E-state index contributed by atoms with van der Waals surface area (Å²) in [5.74, 6) is -1.09. The number of nitrogens with zero attached hydrogens (tertiary/aromatic N) is 1. The molecule has 0 fully saturated rings. The van der Waals surface area contributed by atoms with Crippen molar-refractivity contribution in [2.45, 2.75) is 38.4 Å². The van der Waals surface area contributed by atoms with Crippen LogP contribution in [0.1, 0.15) is 53.2 Å². The van der Waals surface area contributed by atoms with Crippen LogP contribution in [0.15, 0.2) is 109 Å². The lowest BCUT2D eigenvalue weighted by Crippen LogP contribution is -2.32. The van der Waals surface area contributed by atoms with E-state index < -0.39 is 5.97 Å². The summed E-state index contributed by atoms with van der Waals surface area (Å²) >= 11 is 0. The van der Waals surface area contributed by atoms with Gasteiger partial charge in [-0.3, -0.25) is 9.69 Å². The quantitative estimate of drug-likeness (QED) is 0.268. The fourth-order valence-corrected chi connectivity index (χ4v) is 4.60. The zero-order valence-electron chi connectivity index (χ0n) is 19.8. The molecule has 4 aromatic rings. The standard InChI is InChI=1S/C31H30FNO2/c1-23(26-14-6-3-7-15-26)33(22-24-11-4-2-5-12-24)30(21-31(34)35)28-17-10-13-25(20-28)19-27-16-8-9-18-29(27)32/h2-18,20,23,30H,19,21-22H2,1H3,(H,34,35)/t23-,30?/m1/s1. The van der Waals surface area contributed by atoms with Gasteiger partial charge in [-0.25, -0.2) is 4.39 Å². The van der Waals surface area contributed by atoms with Gasteiger partial charge in [-0.2, -0.15) is 0 Å². The van der Waals surface area contributed by atoms with Crippen molar-refractivity contribution in [1.29, 1.82) is 0 Å². The molecule has 0 spiro atoms. The van der Waals surface area contributed by atoms with E-state index in [0.29, 0.717) is 18.5 Å². The normalized spacial score (nSPS) is 12.9. The average molecular weight is 468 g/mol. The predicted molar refractivity (Wildman–Crippen MR) is 137 cm³/mol.